The molecule has 0 saturated carbocycles. The predicted molar refractivity (Wildman–Crippen MR) is 69.7 cm³/mol. The largest absolute Gasteiger partial charge is 0.408 e. The third-order valence-electron chi connectivity index (χ3n) is 3.42. The first kappa shape index (κ1) is 15.8. The van der Waals surface area contributed by atoms with Crippen molar-refractivity contribution in [2.24, 2.45) is 5.92 Å². The minimum Gasteiger partial charge on any atom is -0.377 e. The lowest BCUT2D eigenvalue weighted by molar-refractivity contribution is -0.142. The zero-order valence-corrected chi connectivity index (χ0v) is 11.7. The van der Waals surface area contributed by atoms with Crippen LogP contribution in [-0.2, 0) is 16.1 Å². The number of hydrogen-bond acceptors (Lipinski definition) is 3. The van der Waals surface area contributed by atoms with Crippen LogP contribution in [0.3, 0.4) is 0 Å². The second-order valence-electron chi connectivity index (χ2n) is 5.10. The SMILES string of the molecule is CCC1OCCCC1C(=O)Nc1cnn(CC(F)(F)F)c1. The van der Waals surface area contributed by atoms with Crippen LogP contribution in [0.2, 0.25) is 0 Å². The highest BCUT2D eigenvalue weighted by atomic mass is 19.4. The molecule has 0 aliphatic carbocycles. The van der Waals surface area contributed by atoms with Crippen molar-refractivity contribution in [2.45, 2.75) is 45.0 Å². The molecule has 1 aromatic rings. The summed E-state index contributed by atoms with van der Waals surface area (Å²) in [6, 6.07) is 0. The van der Waals surface area contributed by atoms with Gasteiger partial charge in [-0.15, -0.1) is 0 Å². The van der Waals surface area contributed by atoms with Crippen molar-refractivity contribution in [3.8, 4) is 0 Å². The maximum absolute atomic E-state index is 12.2. The molecule has 5 nitrogen and oxygen atoms in total. The highest BCUT2D eigenvalue weighted by Crippen LogP contribution is 2.25. The summed E-state index contributed by atoms with van der Waals surface area (Å²) >= 11 is 0. The molecule has 118 valence electrons. The Hall–Kier alpha value is -1.57. The van der Waals surface area contributed by atoms with Crippen LogP contribution in [0, 0.1) is 5.92 Å². The predicted octanol–water partition coefficient (Wildman–Crippen LogP) is 2.59. The Bertz CT molecular complexity index is 487. The Labute approximate surface area is 120 Å². The van der Waals surface area contributed by atoms with Gasteiger partial charge >= 0.3 is 6.18 Å². The fraction of sp³-hybridized carbons (Fsp3) is 0.692. The normalized spacial score (nSPS) is 23.0. The molecule has 8 heteroatoms. The van der Waals surface area contributed by atoms with Crippen molar-refractivity contribution >= 4 is 11.6 Å². The third kappa shape index (κ3) is 4.45. The molecule has 2 atom stereocenters. The molecule has 1 amide bonds. The second kappa shape index (κ2) is 6.46. The van der Waals surface area contributed by atoms with E-state index in [9.17, 15) is 18.0 Å². The molecule has 0 radical (unpaired) electrons. The van der Waals surface area contributed by atoms with Crippen molar-refractivity contribution in [2.75, 3.05) is 11.9 Å². The van der Waals surface area contributed by atoms with Gasteiger partial charge in [-0.2, -0.15) is 18.3 Å². The van der Waals surface area contributed by atoms with Crippen LogP contribution in [0.15, 0.2) is 12.4 Å². The molecule has 0 spiro atoms. The summed E-state index contributed by atoms with van der Waals surface area (Å²) in [5.74, 6) is -0.497. The number of carbonyl (C=O) groups is 1. The number of hydrogen-bond donors (Lipinski definition) is 1. The number of alkyl halides is 3. The highest BCUT2D eigenvalue weighted by molar-refractivity contribution is 5.92. The number of amides is 1. The average molecular weight is 305 g/mol. The first-order valence-corrected chi connectivity index (χ1v) is 6.90. The summed E-state index contributed by atoms with van der Waals surface area (Å²) in [7, 11) is 0. The average Bonchev–Trinajstić information content (AvgIpc) is 2.83. The van der Waals surface area contributed by atoms with Crippen molar-refractivity contribution in [3.05, 3.63) is 12.4 Å². The molecule has 1 aromatic heterocycles. The lowest BCUT2D eigenvalue weighted by atomic mass is 9.92. The Kier molecular flexibility index (Phi) is 4.87. The molecule has 2 heterocycles. The first-order chi connectivity index (χ1) is 9.89. The van der Waals surface area contributed by atoms with E-state index in [0.29, 0.717) is 6.61 Å². The Balaban J connectivity index is 1.96. The van der Waals surface area contributed by atoms with Crippen LogP contribution >= 0.6 is 0 Å². The van der Waals surface area contributed by atoms with E-state index >= 15 is 0 Å². The van der Waals surface area contributed by atoms with E-state index in [1.54, 1.807) is 0 Å². The molecule has 0 bridgehead atoms. The molecule has 1 aliphatic rings. The fourth-order valence-corrected chi connectivity index (χ4v) is 2.48. The number of carbonyl (C=O) groups excluding carboxylic acids is 1. The van der Waals surface area contributed by atoms with Crippen LogP contribution in [0.1, 0.15) is 26.2 Å². The van der Waals surface area contributed by atoms with Crippen LogP contribution < -0.4 is 5.32 Å². The first-order valence-electron chi connectivity index (χ1n) is 6.90. The van der Waals surface area contributed by atoms with Gasteiger partial charge in [-0.05, 0) is 19.3 Å². The standard InChI is InChI=1S/C13H18F3N3O2/c1-2-11-10(4-3-5-21-11)12(20)18-9-6-17-19(7-9)8-13(14,15)16/h6-7,10-11H,2-5,8H2,1H3,(H,18,20). The smallest absolute Gasteiger partial charge is 0.377 e. The van der Waals surface area contributed by atoms with Crippen molar-refractivity contribution in [1.29, 1.82) is 0 Å². The van der Waals surface area contributed by atoms with Gasteiger partial charge in [0, 0.05) is 12.8 Å². The summed E-state index contributed by atoms with van der Waals surface area (Å²) in [6.07, 6.45) is 0.181. The number of aromatic nitrogens is 2. The minimum atomic E-state index is -4.34. The zero-order chi connectivity index (χ0) is 15.5. The van der Waals surface area contributed by atoms with Crippen molar-refractivity contribution < 1.29 is 22.7 Å². The third-order valence-corrected chi connectivity index (χ3v) is 3.42. The van der Waals surface area contributed by atoms with E-state index in [4.69, 9.17) is 4.74 Å². The lowest BCUT2D eigenvalue weighted by Crippen LogP contribution is -2.37. The van der Waals surface area contributed by atoms with Gasteiger partial charge in [0.1, 0.15) is 6.54 Å². The van der Waals surface area contributed by atoms with Gasteiger partial charge in [0.2, 0.25) is 5.91 Å². The molecule has 1 saturated heterocycles. The van der Waals surface area contributed by atoms with Gasteiger partial charge in [0.15, 0.2) is 0 Å². The number of anilines is 1. The Morgan fingerprint density at radius 3 is 3.00 bits per heavy atom. The summed E-state index contributed by atoms with van der Waals surface area (Å²) < 4.78 is 43.0. The molecule has 1 N–H and O–H groups in total. The molecule has 1 aliphatic heterocycles. The van der Waals surface area contributed by atoms with Crippen LogP contribution in [0.4, 0.5) is 18.9 Å². The molecular formula is C13H18F3N3O2. The molecule has 2 rings (SSSR count). The summed E-state index contributed by atoms with van der Waals surface area (Å²) in [6.45, 7) is 1.41. The van der Waals surface area contributed by atoms with Gasteiger partial charge in [-0.25, -0.2) is 0 Å². The van der Waals surface area contributed by atoms with Gasteiger partial charge in [0.25, 0.3) is 0 Å². The van der Waals surface area contributed by atoms with Crippen LogP contribution in [0.5, 0.6) is 0 Å². The van der Waals surface area contributed by atoms with Gasteiger partial charge in [-0.1, -0.05) is 6.92 Å². The summed E-state index contributed by atoms with van der Waals surface area (Å²) in [5, 5.41) is 6.20. The molecule has 1 fully saturated rings. The summed E-state index contributed by atoms with van der Waals surface area (Å²) in [4.78, 5) is 12.2. The van der Waals surface area contributed by atoms with Crippen molar-refractivity contribution in [1.82, 2.24) is 9.78 Å². The van der Waals surface area contributed by atoms with Gasteiger partial charge < -0.3 is 10.1 Å². The number of rotatable bonds is 4. The Morgan fingerprint density at radius 2 is 2.33 bits per heavy atom. The monoisotopic (exact) mass is 305 g/mol. The number of halogens is 3. The summed E-state index contributed by atoms with van der Waals surface area (Å²) in [5.41, 5.74) is 0.268. The number of nitrogens with one attached hydrogen (secondary N) is 1. The van der Waals surface area contributed by atoms with E-state index < -0.39 is 12.7 Å². The van der Waals surface area contributed by atoms with Crippen LogP contribution in [0.25, 0.3) is 0 Å². The van der Waals surface area contributed by atoms with Crippen LogP contribution in [-0.4, -0.2) is 34.6 Å². The number of nitrogens with zero attached hydrogens (tertiary/aromatic N) is 2. The fourth-order valence-electron chi connectivity index (χ4n) is 2.48. The van der Waals surface area contributed by atoms with E-state index in [2.05, 4.69) is 10.4 Å². The topological polar surface area (TPSA) is 56.1 Å². The Morgan fingerprint density at radius 1 is 1.57 bits per heavy atom. The minimum absolute atomic E-state index is 0.135. The molecular weight excluding hydrogens is 287 g/mol. The molecule has 2 unspecified atom stereocenters. The quantitative estimate of drug-likeness (QED) is 0.930. The number of ether oxygens (including phenoxy) is 1. The second-order valence-corrected chi connectivity index (χ2v) is 5.10. The zero-order valence-electron chi connectivity index (χ0n) is 11.7. The van der Waals surface area contributed by atoms with E-state index in [-0.39, 0.29) is 23.6 Å². The van der Waals surface area contributed by atoms with E-state index in [1.165, 1.54) is 12.4 Å². The molecule has 0 aromatic carbocycles. The van der Waals surface area contributed by atoms with E-state index in [0.717, 1.165) is 23.9 Å². The van der Waals surface area contributed by atoms with Gasteiger partial charge in [0.05, 0.1) is 23.9 Å². The maximum atomic E-state index is 12.2. The van der Waals surface area contributed by atoms with E-state index in [1.807, 2.05) is 6.92 Å². The maximum Gasteiger partial charge on any atom is 0.408 e. The lowest BCUT2D eigenvalue weighted by Gasteiger charge is -2.29. The molecule has 21 heavy (non-hydrogen) atoms. The van der Waals surface area contributed by atoms with Crippen molar-refractivity contribution in [3.63, 3.8) is 0 Å². The van der Waals surface area contributed by atoms with Gasteiger partial charge in [-0.3, -0.25) is 9.48 Å². The highest BCUT2D eigenvalue weighted by Gasteiger charge is 2.31.